The SMILES string of the molecule is CC1(C)CC(C(=O)N2CCC3(CC(NC(=O)CC4NC(=O)NC4=O)CO3)C2)C1. The van der Waals surface area contributed by atoms with Crippen LogP contribution >= 0.6 is 0 Å². The van der Waals surface area contributed by atoms with Crippen LogP contribution in [0.4, 0.5) is 4.79 Å². The molecule has 4 rings (SSSR count). The van der Waals surface area contributed by atoms with Crippen molar-refractivity contribution < 1.29 is 23.9 Å². The number of ether oxygens (including phenoxy) is 1. The molecule has 0 aromatic carbocycles. The van der Waals surface area contributed by atoms with E-state index in [0.717, 1.165) is 19.3 Å². The number of hydrogen-bond acceptors (Lipinski definition) is 5. The molecule has 3 atom stereocenters. The standard InChI is InChI=1S/C19H28N4O5/c1-18(2)6-11(7-18)16(26)23-4-3-19(10-23)8-12(9-28-19)20-14(24)5-13-15(25)22-17(27)21-13/h11-13H,3-10H2,1-2H3,(H,20,24)(H2,21,22,25,27). The van der Waals surface area contributed by atoms with Crippen molar-refractivity contribution in [3.63, 3.8) is 0 Å². The zero-order valence-electron chi connectivity index (χ0n) is 16.4. The first-order valence-corrected chi connectivity index (χ1v) is 9.98. The number of nitrogens with zero attached hydrogens (tertiary/aromatic N) is 1. The van der Waals surface area contributed by atoms with Crippen LogP contribution in [0, 0.1) is 11.3 Å². The summed E-state index contributed by atoms with van der Waals surface area (Å²) < 4.78 is 6.02. The van der Waals surface area contributed by atoms with E-state index in [1.807, 2.05) is 4.90 Å². The minimum atomic E-state index is -0.824. The Balaban J connectivity index is 1.25. The average molecular weight is 392 g/mol. The van der Waals surface area contributed by atoms with Crippen LogP contribution < -0.4 is 16.0 Å². The molecule has 3 heterocycles. The van der Waals surface area contributed by atoms with Crippen molar-refractivity contribution in [1.29, 1.82) is 0 Å². The Hall–Kier alpha value is -2.16. The van der Waals surface area contributed by atoms with E-state index in [2.05, 4.69) is 29.8 Å². The van der Waals surface area contributed by atoms with Gasteiger partial charge in [-0.05, 0) is 24.7 Å². The zero-order chi connectivity index (χ0) is 20.1. The second-order valence-corrected chi connectivity index (χ2v) is 9.46. The molecule has 1 spiro atoms. The Morgan fingerprint density at radius 2 is 2.00 bits per heavy atom. The maximum Gasteiger partial charge on any atom is 0.322 e. The Kier molecular flexibility index (Phi) is 4.60. The van der Waals surface area contributed by atoms with Crippen LogP contribution in [-0.4, -0.2) is 66.0 Å². The number of imide groups is 1. The lowest BCUT2D eigenvalue weighted by Crippen LogP contribution is -2.45. The van der Waals surface area contributed by atoms with E-state index in [0.29, 0.717) is 26.1 Å². The van der Waals surface area contributed by atoms with Crippen LogP contribution in [0.15, 0.2) is 0 Å². The largest absolute Gasteiger partial charge is 0.371 e. The molecule has 1 aliphatic carbocycles. The van der Waals surface area contributed by atoms with Crippen molar-refractivity contribution >= 4 is 23.8 Å². The molecule has 0 aromatic rings. The molecule has 4 aliphatic rings. The summed E-state index contributed by atoms with van der Waals surface area (Å²) in [7, 11) is 0. The van der Waals surface area contributed by atoms with E-state index < -0.39 is 18.0 Å². The van der Waals surface area contributed by atoms with Crippen molar-refractivity contribution in [2.75, 3.05) is 19.7 Å². The number of rotatable bonds is 4. The molecule has 3 saturated heterocycles. The van der Waals surface area contributed by atoms with Crippen molar-refractivity contribution in [3.05, 3.63) is 0 Å². The molecule has 3 aliphatic heterocycles. The molecule has 9 nitrogen and oxygen atoms in total. The number of nitrogens with one attached hydrogen (secondary N) is 3. The van der Waals surface area contributed by atoms with Gasteiger partial charge in [0.15, 0.2) is 0 Å². The molecule has 1 saturated carbocycles. The molecule has 154 valence electrons. The number of urea groups is 1. The zero-order valence-corrected chi connectivity index (χ0v) is 16.4. The average Bonchev–Trinajstić information content (AvgIpc) is 3.26. The van der Waals surface area contributed by atoms with Crippen LogP contribution in [0.5, 0.6) is 0 Å². The van der Waals surface area contributed by atoms with Gasteiger partial charge in [0.2, 0.25) is 11.8 Å². The highest BCUT2D eigenvalue weighted by Gasteiger charge is 2.50. The van der Waals surface area contributed by atoms with Crippen molar-refractivity contribution in [3.8, 4) is 0 Å². The minimum Gasteiger partial charge on any atom is -0.371 e. The molecular weight excluding hydrogens is 364 g/mol. The maximum absolute atomic E-state index is 12.7. The van der Waals surface area contributed by atoms with Gasteiger partial charge in [0.25, 0.3) is 5.91 Å². The van der Waals surface area contributed by atoms with Gasteiger partial charge < -0.3 is 20.3 Å². The van der Waals surface area contributed by atoms with Gasteiger partial charge in [0.05, 0.1) is 24.7 Å². The number of hydrogen-bond donors (Lipinski definition) is 3. The topological polar surface area (TPSA) is 117 Å². The second-order valence-electron chi connectivity index (χ2n) is 9.46. The summed E-state index contributed by atoms with van der Waals surface area (Å²) in [4.78, 5) is 49.5. The lowest BCUT2D eigenvalue weighted by molar-refractivity contribution is -0.142. The molecule has 5 amide bonds. The lowest BCUT2D eigenvalue weighted by atomic mass is 9.64. The summed E-state index contributed by atoms with van der Waals surface area (Å²) >= 11 is 0. The third kappa shape index (κ3) is 3.72. The fourth-order valence-electron chi connectivity index (χ4n) is 5.04. The quantitative estimate of drug-likeness (QED) is 0.578. The Bertz CT molecular complexity index is 715. The molecule has 0 aromatic heterocycles. The Morgan fingerprint density at radius 1 is 1.25 bits per heavy atom. The predicted molar refractivity (Wildman–Crippen MR) is 98.0 cm³/mol. The van der Waals surface area contributed by atoms with Gasteiger partial charge >= 0.3 is 6.03 Å². The van der Waals surface area contributed by atoms with Crippen molar-refractivity contribution in [2.45, 2.75) is 63.6 Å². The van der Waals surface area contributed by atoms with E-state index >= 15 is 0 Å². The number of likely N-dealkylation sites (tertiary alicyclic amines) is 1. The molecule has 3 unspecified atom stereocenters. The first-order valence-electron chi connectivity index (χ1n) is 9.98. The van der Waals surface area contributed by atoms with Crippen LogP contribution in [0.25, 0.3) is 0 Å². The summed E-state index contributed by atoms with van der Waals surface area (Å²) in [6.45, 7) is 6.06. The van der Waals surface area contributed by atoms with Gasteiger partial charge in [-0.3, -0.25) is 19.7 Å². The minimum absolute atomic E-state index is 0.0941. The van der Waals surface area contributed by atoms with Gasteiger partial charge in [0, 0.05) is 25.4 Å². The van der Waals surface area contributed by atoms with Gasteiger partial charge in [0.1, 0.15) is 6.04 Å². The highest BCUT2D eigenvalue weighted by molar-refractivity contribution is 6.05. The van der Waals surface area contributed by atoms with Crippen LogP contribution in [0.1, 0.15) is 46.0 Å². The molecule has 0 bridgehead atoms. The lowest BCUT2D eigenvalue weighted by Gasteiger charge is -2.43. The van der Waals surface area contributed by atoms with Crippen molar-refractivity contribution in [1.82, 2.24) is 20.9 Å². The second kappa shape index (κ2) is 6.72. The van der Waals surface area contributed by atoms with Gasteiger partial charge in [-0.25, -0.2) is 4.79 Å². The van der Waals surface area contributed by atoms with E-state index in [9.17, 15) is 19.2 Å². The highest BCUT2D eigenvalue weighted by Crippen LogP contribution is 2.46. The summed E-state index contributed by atoms with van der Waals surface area (Å²) in [5, 5.41) is 7.42. The third-order valence-corrected chi connectivity index (χ3v) is 6.40. The fourth-order valence-corrected chi connectivity index (χ4v) is 5.04. The van der Waals surface area contributed by atoms with Crippen LogP contribution in [0.2, 0.25) is 0 Å². The van der Waals surface area contributed by atoms with Gasteiger partial charge in [-0.15, -0.1) is 0 Å². The maximum atomic E-state index is 12.7. The Labute approximate surface area is 163 Å². The first kappa shape index (κ1) is 19.2. The summed E-state index contributed by atoms with van der Waals surface area (Å²) in [6, 6.07) is -1.54. The normalized spacial score (nSPS) is 34.3. The third-order valence-electron chi connectivity index (χ3n) is 6.40. The monoisotopic (exact) mass is 392 g/mol. The van der Waals surface area contributed by atoms with E-state index in [1.54, 1.807) is 0 Å². The van der Waals surface area contributed by atoms with E-state index in [1.165, 1.54) is 0 Å². The van der Waals surface area contributed by atoms with Crippen LogP contribution in [0.3, 0.4) is 0 Å². The molecule has 4 fully saturated rings. The molecule has 9 heteroatoms. The van der Waals surface area contributed by atoms with Crippen molar-refractivity contribution in [2.24, 2.45) is 11.3 Å². The summed E-state index contributed by atoms with van der Waals surface area (Å²) in [6.07, 6.45) is 3.23. The Morgan fingerprint density at radius 3 is 2.64 bits per heavy atom. The number of carbonyl (C=O) groups is 4. The predicted octanol–water partition coefficient (Wildman–Crippen LogP) is -0.103. The summed E-state index contributed by atoms with van der Waals surface area (Å²) in [5.41, 5.74) is -0.113. The fraction of sp³-hybridized carbons (Fsp3) is 0.789. The van der Waals surface area contributed by atoms with Crippen LogP contribution in [-0.2, 0) is 19.1 Å². The van der Waals surface area contributed by atoms with E-state index in [-0.39, 0.29) is 41.2 Å². The first-order chi connectivity index (χ1) is 13.1. The molecule has 3 N–H and O–H groups in total. The highest BCUT2D eigenvalue weighted by atomic mass is 16.5. The molecule has 0 radical (unpaired) electrons. The van der Waals surface area contributed by atoms with Gasteiger partial charge in [-0.2, -0.15) is 0 Å². The number of carbonyl (C=O) groups excluding carboxylic acids is 4. The molecular formula is C19H28N4O5. The van der Waals surface area contributed by atoms with E-state index in [4.69, 9.17) is 4.74 Å². The summed E-state index contributed by atoms with van der Waals surface area (Å²) in [5.74, 6) is -0.413. The smallest absolute Gasteiger partial charge is 0.322 e. The molecule has 28 heavy (non-hydrogen) atoms. The number of amides is 5. The van der Waals surface area contributed by atoms with Gasteiger partial charge in [-0.1, -0.05) is 13.8 Å².